The monoisotopic (exact) mass is 351 g/mol. The zero-order valence-electron chi connectivity index (χ0n) is 14.9. The van der Waals surface area contributed by atoms with Crippen LogP contribution >= 0.6 is 0 Å². The van der Waals surface area contributed by atoms with E-state index in [4.69, 9.17) is 10.5 Å². The van der Waals surface area contributed by atoms with Crippen molar-refractivity contribution in [2.24, 2.45) is 0 Å². The molecule has 0 aliphatic rings. The smallest absolute Gasteiger partial charge is 0.263 e. The third-order valence-electron chi connectivity index (χ3n) is 4.01. The number of nitrogens with two attached hydrogens (primary N) is 1. The van der Waals surface area contributed by atoms with Crippen molar-refractivity contribution in [3.8, 4) is 5.75 Å². The van der Waals surface area contributed by atoms with E-state index in [1.54, 1.807) is 7.11 Å². The predicted octanol–water partition coefficient (Wildman–Crippen LogP) is 3.61. The van der Waals surface area contributed by atoms with Gasteiger partial charge in [0.15, 0.2) is 5.82 Å². The molecule has 2 aromatic carbocycles. The standard InChI is InChI=1S/C19H21N5O2/c1-11-8-9-13(12(2)10-11)22-19(25)16-17(20)23-24-18(16)21-14-6-4-5-7-15(14)26-3/h4-10H,1-3H3,(H,22,25)(H4,20,21,23,24). The molecule has 3 rings (SSSR count). The van der Waals surface area contributed by atoms with Gasteiger partial charge in [-0.05, 0) is 37.6 Å². The number of aromatic amines is 1. The van der Waals surface area contributed by atoms with Gasteiger partial charge in [0.2, 0.25) is 0 Å². The fraction of sp³-hybridized carbons (Fsp3) is 0.158. The molecule has 1 heterocycles. The third kappa shape index (κ3) is 3.46. The number of anilines is 4. The molecule has 0 fully saturated rings. The maximum absolute atomic E-state index is 12.8. The molecule has 0 unspecified atom stereocenters. The second kappa shape index (κ2) is 7.18. The minimum Gasteiger partial charge on any atom is -0.495 e. The Balaban J connectivity index is 1.88. The minimum absolute atomic E-state index is 0.185. The summed E-state index contributed by atoms with van der Waals surface area (Å²) < 4.78 is 5.31. The number of amides is 1. The lowest BCUT2D eigenvalue weighted by atomic mass is 10.1. The number of benzene rings is 2. The van der Waals surface area contributed by atoms with Gasteiger partial charge in [0, 0.05) is 5.69 Å². The zero-order chi connectivity index (χ0) is 18.7. The van der Waals surface area contributed by atoms with Crippen molar-refractivity contribution in [1.29, 1.82) is 0 Å². The number of methoxy groups -OCH3 is 1. The van der Waals surface area contributed by atoms with Gasteiger partial charge in [-0.15, -0.1) is 0 Å². The first kappa shape index (κ1) is 17.3. The highest BCUT2D eigenvalue weighted by atomic mass is 16.5. The van der Waals surface area contributed by atoms with Gasteiger partial charge in [0.1, 0.15) is 17.1 Å². The second-order valence-corrected chi connectivity index (χ2v) is 5.96. The van der Waals surface area contributed by atoms with Crippen LogP contribution in [0.5, 0.6) is 5.75 Å². The van der Waals surface area contributed by atoms with Crippen LogP contribution in [-0.2, 0) is 0 Å². The van der Waals surface area contributed by atoms with Crippen molar-refractivity contribution < 1.29 is 9.53 Å². The number of ether oxygens (including phenoxy) is 1. The average molecular weight is 351 g/mol. The van der Waals surface area contributed by atoms with E-state index < -0.39 is 0 Å². The average Bonchev–Trinajstić information content (AvgIpc) is 2.98. The molecule has 0 saturated heterocycles. The molecule has 0 spiro atoms. The first-order valence-electron chi connectivity index (χ1n) is 8.12. The summed E-state index contributed by atoms with van der Waals surface area (Å²) in [6.07, 6.45) is 0. The van der Waals surface area contributed by atoms with Crippen molar-refractivity contribution >= 4 is 28.9 Å². The van der Waals surface area contributed by atoms with Crippen LogP contribution in [0.4, 0.5) is 23.0 Å². The zero-order valence-corrected chi connectivity index (χ0v) is 14.9. The molecule has 3 aromatic rings. The number of nitrogens with one attached hydrogen (secondary N) is 3. The third-order valence-corrected chi connectivity index (χ3v) is 4.01. The normalized spacial score (nSPS) is 10.4. The number of hydrogen-bond donors (Lipinski definition) is 4. The summed E-state index contributed by atoms with van der Waals surface area (Å²) in [7, 11) is 1.58. The van der Waals surface area contributed by atoms with Gasteiger partial charge in [-0.3, -0.25) is 9.89 Å². The quantitative estimate of drug-likeness (QED) is 0.562. The van der Waals surface area contributed by atoms with E-state index in [1.165, 1.54) is 0 Å². The largest absolute Gasteiger partial charge is 0.495 e. The molecule has 1 aromatic heterocycles. The maximum atomic E-state index is 12.8. The number of hydrogen-bond acceptors (Lipinski definition) is 5. The van der Waals surface area contributed by atoms with Crippen LogP contribution in [0.2, 0.25) is 0 Å². The number of aryl methyl sites for hydroxylation is 2. The Labute approximate surface area is 151 Å². The van der Waals surface area contributed by atoms with Crippen LogP contribution < -0.4 is 21.1 Å². The van der Waals surface area contributed by atoms with Gasteiger partial charge in [-0.1, -0.05) is 29.8 Å². The molecular weight excluding hydrogens is 330 g/mol. The molecule has 0 radical (unpaired) electrons. The van der Waals surface area contributed by atoms with Crippen molar-refractivity contribution in [3.63, 3.8) is 0 Å². The number of rotatable bonds is 5. The highest BCUT2D eigenvalue weighted by Gasteiger charge is 2.20. The highest BCUT2D eigenvalue weighted by molar-refractivity contribution is 6.11. The van der Waals surface area contributed by atoms with Crippen LogP contribution in [0.15, 0.2) is 42.5 Å². The molecule has 1 amide bonds. The topological polar surface area (TPSA) is 105 Å². The molecule has 134 valence electrons. The number of carbonyl (C=O) groups is 1. The molecule has 0 saturated carbocycles. The highest BCUT2D eigenvalue weighted by Crippen LogP contribution is 2.30. The number of H-pyrrole nitrogens is 1. The van der Waals surface area contributed by atoms with Gasteiger partial charge in [-0.25, -0.2) is 0 Å². The van der Waals surface area contributed by atoms with Gasteiger partial charge in [0.25, 0.3) is 5.91 Å². The summed E-state index contributed by atoms with van der Waals surface area (Å²) in [5.74, 6) is 0.800. The summed E-state index contributed by atoms with van der Waals surface area (Å²) >= 11 is 0. The van der Waals surface area contributed by atoms with E-state index in [1.807, 2.05) is 56.3 Å². The van der Waals surface area contributed by atoms with Crippen molar-refractivity contribution in [1.82, 2.24) is 10.2 Å². The van der Waals surface area contributed by atoms with Gasteiger partial charge in [0.05, 0.1) is 12.8 Å². The van der Waals surface area contributed by atoms with E-state index in [-0.39, 0.29) is 17.3 Å². The Kier molecular flexibility index (Phi) is 4.79. The molecular formula is C19H21N5O2. The maximum Gasteiger partial charge on any atom is 0.263 e. The van der Waals surface area contributed by atoms with E-state index in [9.17, 15) is 4.79 Å². The van der Waals surface area contributed by atoms with E-state index in [0.717, 1.165) is 16.8 Å². The van der Waals surface area contributed by atoms with Gasteiger partial charge < -0.3 is 21.1 Å². The van der Waals surface area contributed by atoms with E-state index in [2.05, 4.69) is 20.8 Å². The fourth-order valence-electron chi connectivity index (χ4n) is 2.69. The Hall–Kier alpha value is -3.48. The van der Waals surface area contributed by atoms with E-state index in [0.29, 0.717) is 17.3 Å². The number of carbonyl (C=O) groups excluding carboxylic acids is 1. The molecule has 26 heavy (non-hydrogen) atoms. The molecule has 0 aliphatic carbocycles. The van der Waals surface area contributed by atoms with Crippen molar-refractivity contribution in [2.45, 2.75) is 13.8 Å². The first-order valence-corrected chi connectivity index (χ1v) is 8.12. The molecule has 0 bridgehead atoms. The molecule has 0 atom stereocenters. The number of para-hydroxylation sites is 2. The number of nitrogen functional groups attached to an aromatic ring is 1. The molecule has 0 aliphatic heterocycles. The second-order valence-electron chi connectivity index (χ2n) is 5.96. The summed E-state index contributed by atoms with van der Waals surface area (Å²) in [4.78, 5) is 12.8. The first-order chi connectivity index (χ1) is 12.5. The molecule has 7 heteroatoms. The Bertz CT molecular complexity index is 949. The Morgan fingerprint density at radius 2 is 1.92 bits per heavy atom. The Morgan fingerprint density at radius 1 is 1.15 bits per heavy atom. The minimum atomic E-state index is -0.347. The van der Waals surface area contributed by atoms with Gasteiger partial charge in [-0.2, -0.15) is 5.10 Å². The lowest BCUT2D eigenvalue weighted by Crippen LogP contribution is -2.15. The van der Waals surface area contributed by atoms with Crippen LogP contribution in [0, 0.1) is 13.8 Å². The van der Waals surface area contributed by atoms with Crippen molar-refractivity contribution in [3.05, 3.63) is 59.2 Å². The SMILES string of the molecule is COc1ccccc1Nc1n[nH]c(N)c1C(=O)Nc1ccc(C)cc1C. The summed E-state index contributed by atoms with van der Waals surface area (Å²) in [5.41, 5.74) is 9.69. The van der Waals surface area contributed by atoms with Crippen LogP contribution in [-0.4, -0.2) is 23.2 Å². The van der Waals surface area contributed by atoms with E-state index >= 15 is 0 Å². The summed E-state index contributed by atoms with van der Waals surface area (Å²) in [6, 6.07) is 13.2. The fourth-order valence-corrected chi connectivity index (χ4v) is 2.69. The number of nitrogens with zero attached hydrogens (tertiary/aromatic N) is 1. The van der Waals surface area contributed by atoms with Crippen LogP contribution in [0.25, 0.3) is 0 Å². The lowest BCUT2D eigenvalue weighted by molar-refractivity contribution is 0.102. The molecule has 7 nitrogen and oxygen atoms in total. The lowest BCUT2D eigenvalue weighted by Gasteiger charge is -2.12. The Morgan fingerprint density at radius 3 is 2.65 bits per heavy atom. The van der Waals surface area contributed by atoms with Gasteiger partial charge >= 0.3 is 0 Å². The van der Waals surface area contributed by atoms with Crippen molar-refractivity contribution in [2.75, 3.05) is 23.5 Å². The van der Waals surface area contributed by atoms with Crippen LogP contribution in [0.1, 0.15) is 21.5 Å². The molecule has 5 N–H and O–H groups in total. The van der Waals surface area contributed by atoms with Crippen LogP contribution in [0.3, 0.4) is 0 Å². The summed E-state index contributed by atoms with van der Waals surface area (Å²) in [5, 5.41) is 12.7. The predicted molar refractivity (Wildman–Crippen MR) is 103 cm³/mol. The summed E-state index contributed by atoms with van der Waals surface area (Å²) in [6.45, 7) is 3.94. The number of aromatic nitrogens is 2.